The Bertz CT molecular complexity index is 624. The van der Waals surface area contributed by atoms with Gasteiger partial charge < -0.3 is 14.9 Å². The highest BCUT2D eigenvalue weighted by atomic mass is 16.5. The van der Waals surface area contributed by atoms with Gasteiger partial charge in [-0.05, 0) is 67.1 Å². The van der Waals surface area contributed by atoms with E-state index >= 15 is 0 Å². The van der Waals surface area contributed by atoms with E-state index in [1.165, 1.54) is 0 Å². The Kier molecular flexibility index (Phi) is 5.31. The number of carbonyl (C=O) groups is 1. The summed E-state index contributed by atoms with van der Waals surface area (Å²) in [5.41, 5.74) is 0.540. The Morgan fingerprint density at radius 1 is 1.19 bits per heavy atom. The topological polar surface area (TPSA) is 66.8 Å². The predicted octanol–water partition coefficient (Wildman–Crippen LogP) is 4.10. The number of rotatable bonds is 3. The molecule has 3 rings (SSSR count). The molecule has 0 radical (unpaired) electrons. The third-order valence-electron chi connectivity index (χ3n) is 8.51. The van der Waals surface area contributed by atoms with Crippen LogP contribution in [0.15, 0.2) is 11.6 Å². The first-order valence-electron chi connectivity index (χ1n) is 10.7. The van der Waals surface area contributed by atoms with Crippen molar-refractivity contribution in [3.05, 3.63) is 11.6 Å². The highest BCUT2D eigenvalue weighted by Crippen LogP contribution is 2.68. The number of hydrogen-bond acceptors (Lipinski definition) is 4. The van der Waals surface area contributed by atoms with Gasteiger partial charge in [0, 0.05) is 0 Å². The molecule has 0 spiro atoms. The number of esters is 1. The van der Waals surface area contributed by atoms with Gasteiger partial charge >= 0.3 is 5.97 Å². The number of ether oxygens (including phenoxy) is 1. The van der Waals surface area contributed by atoms with Gasteiger partial charge in [-0.2, -0.15) is 0 Å². The van der Waals surface area contributed by atoms with Crippen LogP contribution in [0.1, 0.15) is 73.6 Å². The number of aliphatic hydroxyl groups is 2. The molecule has 0 bridgehead atoms. The summed E-state index contributed by atoms with van der Waals surface area (Å²) in [6, 6.07) is 0. The van der Waals surface area contributed by atoms with E-state index in [9.17, 15) is 15.0 Å². The lowest BCUT2D eigenvalue weighted by atomic mass is 9.39. The molecule has 2 saturated carbocycles. The van der Waals surface area contributed by atoms with Gasteiger partial charge in [0.1, 0.15) is 0 Å². The summed E-state index contributed by atoms with van der Waals surface area (Å²) < 4.78 is 5.59. The van der Waals surface area contributed by atoms with Crippen molar-refractivity contribution >= 4 is 5.97 Å². The summed E-state index contributed by atoms with van der Waals surface area (Å²) in [6.07, 6.45) is 5.14. The van der Waals surface area contributed by atoms with E-state index in [1.54, 1.807) is 0 Å². The molecular weight excluding hydrogens is 340 g/mol. The van der Waals surface area contributed by atoms with Gasteiger partial charge in [0.2, 0.25) is 0 Å². The fraction of sp³-hybridized carbons (Fsp3) is 0.870. The van der Waals surface area contributed by atoms with Crippen LogP contribution in [-0.2, 0) is 9.53 Å². The molecule has 0 unspecified atom stereocenters. The molecule has 0 aromatic rings. The molecule has 0 aromatic heterocycles. The van der Waals surface area contributed by atoms with Crippen LogP contribution in [0.4, 0.5) is 0 Å². The summed E-state index contributed by atoms with van der Waals surface area (Å²) in [6.45, 7) is 13.3. The van der Waals surface area contributed by atoms with Crippen LogP contribution in [0, 0.1) is 34.0 Å². The lowest BCUT2D eigenvalue weighted by Gasteiger charge is -2.66. The summed E-state index contributed by atoms with van der Waals surface area (Å²) in [4.78, 5) is 13.0. The van der Waals surface area contributed by atoms with Gasteiger partial charge in [-0.1, -0.05) is 46.3 Å². The maximum absolute atomic E-state index is 13.0. The van der Waals surface area contributed by atoms with Crippen molar-refractivity contribution in [2.75, 3.05) is 6.61 Å². The van der Waals surface area contributed by atoms with Crippen molar-refractivity contribution in [2.45, 2.75) is 85.9 Å². The van der Waals surface area contributed by atoms with Crippen molar-refractivity contribution in [3.8, 4) is 0 Å². The van der Waals surface area contributed by atoms with Crippen LogP contribution >= 0.6 is 0 Å². The third kappa shape index (κ3) is 2.98. The maximum atomic E-state index is 13.0. The molecule has 4 nitrogen and oxygen atoms in total. The Hall–Kier alpha value is -0.870. The van der Waals surface area contributed by atoms with E-state index in [0.717, 1.165) is 31.3 Å². The Labute approximate surface area is 164 Å². The molecule has 3 aliphatic carbocycles. The second-order valence-corrected chi connectivity index (χ2v) is 10.5. The first kappa shape index (κ1) is 20.9. The van der Waals surface area contributed by atoms with Crippen molar-refractivity contribution in [2.24, 2.45) is 34.0 Å². The van der Waals surface area contributed by atoms with Gasteiger partial charge in [-0.25, -0.2) is 0 Å². The van der Waals surface area contributed by atoms with Crippen molar-refractivity contribution in [1.29, 1.82) is 0 Å². The first-order valence-corrected chi connectivity index (χ1v) is 10.7. The fourth-order valence-corrected chi connectivity index (χ4v) is 7.29. The molecule has 0 saturated heterocycles. The summed E-state index contributed by atoms with van der Waals surface area (Å²) >= 11 is 0. The van der Waals surface area contributed by atoms with Gasteiger partial charge in [0.05, 0.1) is 24.7 Å². The molecule has 4 heteroatoms. The third-order valence-corrected chi connectivity index (χ3v) is 8.51. The molecule has 0 aliphatic heterocycles. The van der Waals surface area contributed by atoms with Crippen LogP contribution in [0.3, 0.4) is 0 Å². The van der Waals surface area contributed by atoms with Gasteiger partial charge in [-0.3, -0.25) is 4.79 Å². The van der Waals surface area contributed by atoms with E-state index in [0.29, 0.717) is 24.9 Å². The second kappa shape index (κ2) is 6.88. The zero-order valence-corrected chi connectivity index (χ0v) is 17.9. The fourth-order valence-electron chi connectivity index (χ4n) is 7.29. The summed E-state index contributed by atoms with van der Waals surface area (Å²) in [5.74, 6) is 0.344. The Morgan fingerprint density at radius 2 is 1.85 bits per heavy atom. The average molecular weight is 379 g/mol. The van der Waals surface area contributed by atoms with Crippen molar-refractivity contribution in [3.63, 3.8) is 0 Å². The molecule has 27 heavy (non-hydrogen) atoms. The van der Waals surface area contributed by atoms with Crippen LogP contribution in [-0.4, -0.2) is 35.0 Å². The largest absolute Gasteiger partial charge is 0.465 e. The van der Waals surface area contributed by atoms with E-state index in [2.05, 4.69) is 40.7 Å². The number of fused-ring (bicyclic) bond motifs is 3. The van der Waals surface area contributed by atoms with E-state index in [1.807, 2.05) is 6.92 Å². The molecule has 7 atom stereocenters. The van der Waals surface area contributed by atoms with Crippen LogP contribution in [0.5, 0.6) is 0 Å². The minimum Gasteiger partial charge on any atom is -0.465 e. The van der Waals surface area contributed by atoms with Crippen molar-refractivity contribution < 1.29 is 19.7 Å². The SMILES string of the molecule is CCCOC(=O)[C@@H]1C(C)=CC[C@@H]2[C@@]1(C)CC[C@H]1C(C)(C)[C@H](O)[C@@H](O)C[C@]21C. The predicted molar refractivity (Wildman–Crippen MR) is 106 cm³/mol. The van der Waals surface area contributed by atoms with Gasteiger partial charge in [0.25, 0.3) is 0 Å². The molecule has 2 fully saturated rings. The molecule has 3 aliphatic rings. The van der Waals surface area contributed by atoms with Crippen LogP contribution in [0.2, 0.25) is 0 Å². The maximum Gasteiger partial charge on any atom is 0.313 e. The Balaban J connectivity index is 2.01. The lowest BCUT2D eigenvalue weighted by Crippen LogP contribution is -2.64. The Morgan fingerprint density at radius 3 is 2.48 bits per heavy atom. The van der Waals surface area contributed by atoms with Crippen LogP contribution in [0.25, 0.3) is 0 Å². The molecule has 154 valence electrons. The lowest BCUT2D eigenvalue weighted by molar-refractivity contribution is -0.219. The first-order chi connectivity index (χ1) is 12.5. The highest BCUT2D eigenvalue weighted by Gasteiger charge is 2.65. The molecule has 0 heterocycles. The molecular formula is C23H38O4. The van der Waals surface area contributed by atoms with Crippen molar-refractivity contribution in [1.82, 2.24) is 0 Å². The van der Waals surface area contributed by atoms with Gasteiger partial charge in [-0.15, -0.1) is 0 Å². The van der Waals surface area contributed by atoms with Crippen LogP contribution < -0.4 is 0 Å². The average Bonchev–Trinajstić information content (AvgIpc) is 2.57. The zero-order chi connectivity index (χ0) is 20.2. The number of aliphatic hydroxyl groups excluding tert-OH is 2. The smallest absolute Gasteiger partial charge is 0.313 e. The standard InChI is InChI=1S/C23H38O4/c1-7-12-27-20(26)18-14(2)8-9-17-22(18,5)11-10-16-21(3,4)19(25)15(24)13-23(16,17)6/h8,15-19,24-25H,7,9-13H2,1-6H3/t15-,16-,17+,18-,19+,22+,23-/m0/s1. The van der Waals surface area contributed by atoms with E-state index in [-0.39, 0.29) is 28.1 Å². The zero-order valence-electron chi connectivity index (χ0n) is 17.9. The van der Waals surface area contributed by atoms with Gasteiger partial charge in [0.15, 0.2) is 0 Å². The minimum absolute atomic E-state index is 0.0875. The second-order valence-electron chi connectivity index (χ2n) is 10.5. The molecule has 2 N–H and O–H groups in total. The number of hydrogen-bond donors (Lipinski definition) is 2. The number of carbonyl (C=O) groups excluding carboxylic acids is 1. The summed E-state index contributed by atoms with van der Waals surface area (Å²) in [5, 5.41) is 21.3. The van der Waals surface area contributed by atoms with E-state index in [4.69, 9.17) is 4.74 Å². The summed E-state index contributed by atoms with van der Waals surface area (Å²) in [7, 11) is 0. The quantitative estimate of drug-likeness (QED) is 0.573. The monoisotopic (exact) mass is 378 g/mol. The molecule has 0 amide bonds. The highest BCUT2D eigenvalue weighted by molar-refractivity contribution is 5.77. The minimum atomic E-state index is -0.707. The molecule has 0 aromatic carbocycles. The normalized spacial score (nSPS) is 46.1. The van der Waals surface area contributed by atoms with E-state index < -0.39 is 12.2 Å². The number of allylic oxidation sites excluding steroid dienone is 1.